The predicted molar refractivity (Wildman–Crippen MR) is 94.7 cm³/mol. The summed E-state index contributed by atoms with van der Waals surface area (Å²) < 4.78 is 19.6. The molecule has 1 aromatic carbocycles. The van der Waals surface area contributed by atoms with Gasteiger partial charge in [0.1, 0.15) is 12.1 Å². The summed E-state index contributed by atoms with van der Waals surface area (Å²) in [5.74, 6) is -0.259. The maximum atomic E-state index is 13.1. The molecule has 2 rings (SSSR count). The quantitative estimate of drug-likeness (QED) is 0.556. The van der Waals surface area contributed by atoms with E-state index in [1.165, 1.54) is 12.1 Å². The summed E-state index contributed by atoms with van der Waals surface area (Å²) in [7, 11) is -1.77. The lowest BCUT2D eigenvalue weighted by Gasteiger charge is -2.43. The number of hydrogen-bond donors (Lipinski definition) is 0. The first kappa shape index (κ1) is 18.3. The molecule has 4 heteroatoms. The van der Waals surface area contributed by atoms with Crippen LogP contribution in [-0.4, -0.2) is 20.7 Å². The minimum absolute atomic E-state index is 0.198. The minimum Gasteiger partial charge on any atom is -0.414 e. The van der Waals surface area contributed by atoms with E-state index in [9.17, 15) is 9.18 Å². The fourth-order valence-corrected chi connectivity index (χ4v) is 4.50. The van der Waals surface area contributed by atoms with E-state index in [0.717, 1.165) is 37.5 Å². The van der Waals surface area contributed by atoms with Crippen molar-refractivity contribution in [2.75, 3.05) is 0 Å². The van der Waals surface area contributed by atoms with Crippen LogP contribution in [0.15, 0.2) is 24.3 Å². The van der Waals surface area contributed by atoms with Crippen LogP contribution in [0.1, 0.15) is 52.0 Å². The van der Waals surface area contributed by atoms with Gasteiger partial charge in [-0.1, -0.05) is 32.9 Å². The molecule has 0 heterocycles. The largest absolute Gasteiger partial charge is 0.414 e. The van der Waals surface area contributed by atoms with Crippen LogP contribution in [0, 0.1) is 5.82 Å². The van der Waals surface area contributed by atoms with Gasteiger partial charge in [0, 0.05) is 6.10 Å². The van der Waals surface area contributed by atoms with Gasteiger partial charge in [-0.25, -0.2) is 4.39 Å². The van der Waals surface area contributed by atoms with E-state index in [0.29, 0.717) is 0 Å². The Morgan fingerprint density at radius 1 is 1.17 bits per heavy atom. The zero-order chi connectivity index (χ0) is 17.3. The van der Waals surface area contributed by atoms with Crippen LogP contribution in [-0.2, 0) is 14.6 Å². The molecule has 0 aromatic heterocycles. The first-order valence-corrected chi connectivity index (χ1v) is 11.4. The lowest BCUT2D eigenvalue weighted by atomic mass is 9.70. The molecular formula is C19H29FO2Si. The second-order valence-electron chi connectivity index (χ2n) is 8.36. The zero-order valence-electron chi connectivity index (χ0n) is 15.0. The molecule has 1 aromatic rings. The van der Waals surface area contributed by atoms with E-state index >= 15 is 0 Å². The predicted octanol–water partition coefficient (Wildman–Crippen LogP) is 5.23. The molecule has 0 N–H and O–H groups in total. The minimum atomic E-state index is -1.77. The lowest BCUT2D eigenvalue weighted by Crippen LogP contribution is -2.46. The van der Waals surface area contributed by atoms with Gasteiger partial charge < -0.3 is 9.22 Å². The van der Waals surface area contributed by atoms with Gasteiger partial charge in [-0.3, -0.25) is 0 Å². The molecule has 1 aliphatic carbocycles. The van der Waals surface area contributed by atoms with Crippen LogP contribution < -0.4 is 0 Å². The molecule has 128 valence electrons. The SMILES string of the molecule is CC(C)(C)[Si](C)(C)O[C@H]1CC[C@](C=O)(c2ccc(F)cc2)CC1. The van der Waals surface area contributed by atoms with Gasteiger partial charge in [-0.15, -0.1) is 0 Å². The Bertz CT molecular complexity index is 537. The number of halogens is 1. The summed E-state index contributed by atoms with van der Waals surface area (Å²) >= 11 is 0. The second kappa shape index (κ2) is 6.48. The Morgan fingerprint density at radius 3 is 2.13 bits per heavy atom. The number of carbonyl (C=O) groups is 1. The highest BCUT2D eigenvalue weighted by Gasteiger charge is 2.42. The van der Waals surface area contributed by atoms with E-state index in [4.69, 9.17) is 4.43 Å². The average Bonchev–Trinajstić information content (AvgIpc) is 2.48. The Kier molecular flexibility index (Phi) is 5.17. The van der Waals surface area contributed by atoms with Gasteiger partial charge in [0.25, 0.3) is 0 Å². The Balaban J connectivity index is 2.07. The molecule has 23 heavy (non-hydrogen) atoms. The van der Waals surface area contributed by atoms with Crippen molar-refractivity contribution in [3.8, 4) is 0 Å². The molecule has 0 atom stereocenters. The smallest absolute Gasteiger partial charge is 0.192 e. The number of aldehydes is 1. The lowest BCUT2D eigenvalue weighted by molar-refractivity contribution is -0.114. The molecule has 0 radical (unpaired) electrons. The molecule has 1 fully saturated rings. The average molecular weight is 337 g/mol. The van der Waals surface area contributed by atoms with Crippen LogP contribution in [0.4, 0.5) is 4.39 Å². The number of carbonyl (C=O) groups excluding carboxylic acids is 1. The number of benzene rings is 1. The maximum absolute atomic E-state index is 13.1. The summed E-state index contributed by atoms with van der Waals surface area (Å²) in [5.41, 5.74) is 0.459. The highest BCUT2D eigenvalue weighted by atomic mass is 28.4. The van der Waals surface area contributed by atoms with E-state index in [2.05, 4.69) is 33.9 Å². The maximum Gasteiger partial charge on any atom is 0.192 e. The molecule has 0 aliphatic heterocycles. The van der Waals surface area contributed by atoms with Gasteiger partial charge in [0.2, 0.25) is 0 Å². The first-order valence-electron chi connectivity index (χ1n) is 8.50. The summed E-state index contributed by atoms with van der Waals surface area (Å²) in [5, 5.41) is 0.198. The number of hydrogen-bond acceptors (Lipinski definition) is 2. The van der Waals surface area contributed by atoms with Gasteiger partial charge in [-0.05, 0) is 61.5 Å². The van der Waals surface area contributed by atoms with E-state index < -0.39 is 13.7 Å². The van der Waals surface area contributed by atoms with Crippen molar-refractivity contribution in [1.82, 2.24) is 0 Å². The van der Waals surface area contributed by atoms with Gasteiger partial charge in [0.15, 0.2) is 8.32 Å². The molecule has 1 aliphatic rings. The summed E-state index contributed by atoms with van der Waals surface area (Å²) in [6.07, 6.45) is 4.64. The first-order chi connectivity index (χ1) is 10.6. The van der Waals surface area contributed by atoms with Crippen molar-refractivity contribution in [3.05, 3.63) is 35.6 Å². The van der Waals surface area contributed by atoms with Crippen molar-refractivity contribution >= 4 is 14.6 Å². The summed E-state index contributed by atoms with van der Waals surface area (Å²) in [4.78, 5) is 11.8. The van der Waals surface area contributed by atoms with E-state index in [-0.39, 0.29) is 17.0 Å². The Morgan fingerprint density at radius 2 is 1.70 bits per heavy atom. The van der Waals surface area contributed by atoms with Crippen LogP contribution in [0.25, 0.3) is 0 Å². The van der Waals surface area contributed by atoms with E-state index in [1.54, 1.807) is 12.1 Å². The van der Waals surface area contributed by atoms with Crippen molar-refractivity contribution in [2.24, 2.45) is 0 Å². The second-order valence-corrected chi connectivity index (χ2v) is 13.1. The van der Waals surface area contributed by atoms with Crippen LogP contribution in [0.3, 0.4) is 0 Å². The normalized spacial score (nSPS) is 26.1. The van der Waals surface area contributed by atoms with Crippen molar-refractivity contribution in [2.45, 2.75) is 76.1 Å². The van der Waals surface area contributed by atoms with Crippen molar-refractivity contribution < 1.29 is 13.6 Å². The molecule has 0 unspecified atom stereocenters. The molecule has 0 bridgehead atoms. The van der Waals surface area contributed by atoms with Crippen LogP contribution in [0.2, 0.25) is 18.1 Å². The van der Waals surface area contributed by atoms with Gasteiger partial charge >= 0.3 is 0 Å². The third-order valence-corrected chi connectivity index (χ3v) is 10.3. The van der Waals surface area contributed by atoms with Gasteiger partial charge in [-0.2, -0.15) is 0 Å². The molecular weight excluding hydrogens is 307 g/mol. The fraction of sp³-hybridized carbons (Fsp3) is 0.632. The highest BCUT2D eigenvalue weighted by molar-refractivity contribution is 6.74. The third kappa shape index (κ3) is 3.91. The zero-order valence-corrected chi connectivity index (χ0v) is 16.0. The van der Waals surface area contributed by atoms with Crippen LogP contribution >= 0.6 is 0 Å². The third-order valence-electron chi connectivity index (χ3n) is 5.74. The highest BCUT2D eigenvalue weighted by Crippen LogP contribution is 2.43. The topological polar surface area (TPSA) is 26.3 Å². The van der Waals surface area contributed by atoms with Crippen molar-refractivity contribution in [3.63, 3.8) is 0 Å². The molecule has 0 amide bonds. The molecule has 0 spiro atoms. The summed E-state index contributed by atoms with van der Waals surface area (Å²) in [6, 6.07) is 6.38. The molecule has 0 saturated heterocycles. The van der Waals surface area contributed by atoms with Gasteiger partial charge in [0.05, 0.1) is 5.41 Å². The van der Waals surface area contributed by atoms with E-state index in [1.807, 2.05) is 0 Å². The molecule has 1 saturated carbocycles. The van der Waals surface area contributed by atoms with Crippen molar-refractivity contribution in [1.29, 1.82) is 0 Å². The van der Waals surface area contributed by atoms with Crippen LogP contribution in [0.5, 0.6) is 0 Å². The monoisotopic (exact) mass is 336 g/mol. The standard InChI is InChI=1S/C19H29FO2Si/c1-18(2,3)23(4,5)22-17-10-12-19(14-21,13-11-17)15-6-8-16(20)9-7-15/h6-9,14,17H,10-13H2,1-5H3/t17-,19-. The Labute approximate surface area is 140 Å². The molecule has 2 nitrogen and oxygen atoms in total. The summed E-state index contributed by atoms with van der Waals surface area (Å²) in [6.45, 7) is 11.3. The number of rotatable bonds is 4. The fourth-order valence-electron chi connectivity index (χ4n) is 3.07. The Hall–Kier alpha value is -1.00.